The first-order chi connectivity index (χ1) is 22.1. The second-order valence-corrected chi connectivity index (χ2v) is 12.9. The number of anilines is 1. The molecule has 0 fully saturated rings. The number of hydrogen-bond donors (Lipinski definition) is 3. The second-order valence-electron chi connectivity index (χ2n) is 11.0. The van der Waals surface area contributed by atoms with Crippen molar-refractivity contribution in [1.29, 1.82) is 0 Å². The first-order valence-electron chi connectivity index (χ1n) is 14.6. The molecule has 1 aromatic heterocycles. The first kappa shape index (κ1) is 34.4. The predicted molar refractivity (Wildman–Crippen MR) is 187 cm³/mol. The average Bonchev–Trinajstić information content (AvgIpc) is 3.75. The zero-order valence-electron chi connectivity index (χ0n) is 26.4. The van der Waals surface area contributed by atoms with E-state index in [0.29, 0.717) is 36.9 Å². The quantitative estimate of drug-likeness (QED) is 0.0606. The van der Waals surface area contributed by atoms with E-state index in [1.54, 1.807) is 23.0 Å². The van der Waals surface area contributed by atoms with Gasteiger partial charge in [-0.3, -0.25) is 20.0 Å². The normalized spacial score (nSPS) is 15.0. The molecular formula is C33H39N7O4S2. The van der Waals surface area contributed by atoms with Crippen LogP contribution >= 0.6 is 23.1 Å². The lowest BCUT2D eigenvalue weighted by Crippen LogP contribution is -2.36. The summed E-state index contributed by atoms with van der Waals surface area (Å²) in [6, 6.07) is 17.5. The SMILES string of the molecule is C=C(NCCOCCC(=O)OC(C)(C)C)c1ccc(C2=CSC(N(C)/N=C(\C(C=O)=N/Nc3nccs3)c3ccccc3)N2)cc1. The van der Waals surface area contributed by atoms with E-state index in [4.69, 9.17) is 14.6 Å². The number of hydrogen-bond acceptors (Lipinski definition) is 13. The van der Waals surface area contributed by atoms with E-state index in [2.05, 4.69) is 32.7 Å². The highest BCUT2D eigenvalue weighted by Gasteiger charge is 2.23. The number of thiazole rings is 1. The Morgan fingerprint density at radius 2 is 1.89 bits per heavy atom. The lowest BCUT2D eigenvalue weighted by Gasteiger charge is -2.23. The minimum atomic E-state index is -0.493. The molecule has 1 unspecified atom stereocenters. The summed E-state index contributed by atoms with van der Waals surface area (Å²) in [6.45, 7) is 11.0. The number of carbonyl (C=O) groups is 2. The topological polar surface area (TPSA) is 130 Å². The number of hydrazone groups is 2. The Balaban J connectivity index is 1.30. The minimum Gasteiger partial charge on any atom is -0.460 e. The average molecular weight is 662 g/mol. The highest BCUT2D eigenvalue weighted by atomic mass is 32.2. The Morgan fingerprint density at radius 1 is 1.13 bits per heavy atom. The van der Waals surface area contributed by atoms with E-state index in [0.717, 1.165) is 28.1 Å². The maximum absolute atomic E-state index is 12.1. The van der Waals surface area contributed by atoms with Crippen LogP contribution in [-0.2, 0) is 19.1 Å². The molecule has 2 heterocycles. The summed E-state index contributed by atoms with van der Waals surface area (Å²) in [7, 11) is 1.85. The van der Waals surface area contributed by atoms with E-state index in [1.165, 1.54) is 11.3 Å². The Bertz CT molecular complexity index is 1550. The van der Waals surface area contributed by atoms with E-state index >= 15 is 0 Å². The summed E-state index contributed by atoms with van der Waals surface area (Å²) >= 11 is 2.96. The number of esters is 1. The van der Waals surface area contributed by atoms with Crippen LogP contribution in [0.25, 0.3) is 11.4 Å². The van der Waals surface area contributed by atoms with Crippen LogP contribution in [0.2, 0.25) is 0 Å². The highest BCUT2D eigenvalue weighted by Crippen LogP contribution is 2.29. The number of benzene rings is 2. The van der Waals surface area contributed by atoms with Crippen LogP contribution < -0.4 is 16.1 Å². The maximum Gasteiger partial charge on any atom is 0.308 e. The smallest absolute Gasteiger partial charge is 0.308 e. The van der Waals surface area contributed by atoms with Crippen LogP contribution in [0.4, 0.5) is 5.13 Å². The fourth-order valence-electron chi connectivity index (χ4n) is 4.13. The van der Waals surface area contributed by atoms with Crippen LogP contribution in [0.5, 0.6) is 0 Å². The third-order valence-electron chi connectivity index (χ3n) is 6.30. The van der Waals surface area contributed by atoms with Crippen molar-refractivity contribution >= 4 is 63.3 Å². The number of aldehydes is 1. The van der Waals surface area contributed by atoms with E-state index in [9.17, 15) is 9.59 Å². The van der Waals surface area contributed by atoms with Gasteiger partial charge in [0, 0.05) is 36.4 Å². The molecule has 1 aliphatic rings. The second kappa shape index (κ2) is 16.7. The zero-order valence-corrected chi connectivity index (χ0v) is 28.0. The van der Waals surface area contributed by atoms with Crippen molar-refractivity contribution in [3.63, 3.8) is 0 Å². The van der Waals surface area contributed by atoms with Crippen LogP contribution in [-0.4, -0.2) is 71.6 Å². The molecule has 1 aliphatic heterocycles. The van der Waals surface area contributed by atoms with E-state index < -0.39 is 5.60 Å². The highest BCUT2D eigenvalue weighted by molar-refractivity contribution is 8.03. The molecule has 0 aliphatic carbocycles. The molecule has 0 spiro atoms. The lowest BCUT2D eigenvalue weighted by atomic mass is 10.1. The Morgan fingerprint density at radius 3 is 2.57 bits per heavy atom. The predicted octanol–water partition coefficient (Wildman–Crippen LogP) is 5.37. The molecule has 3 aromatic rings. The summed E-state index contributed by atoms with van der Waals surface area (Å²) in [6.07, 6.45) is 2.56. The van der Waals surface area contributed by atoms with Crippen molar-refractivity contribution in [2.45, 2.75) is 38.3 Å². The van der Waals surface area contributed by atoms with Crippen LogP contribution in [0.1, 0.15) is 43.9 Å². The molecule has 3 N–H and O–H groups in total. The molecule has 0 radical (unpaired) electrons. The number of thioether (sulfide) groups is 1. The standard InChI is InChI=1S/C33H39N7O4S2/c1-23(34-16-19-43-18-15-29(42)44-33(2,3)4)24-11-13-25(14-12-24)28-22-46-32(36-28)40(5)39-30(26-9-7-6-8-10-26)27(21-41)37-38-31-35-17-20-45-31/h6-14,17,20-22,32,34,36H,1,15-16,18-19H2,2-5H3,(H,35,38)/b37-27-,39-30-. The monoisotopic (exact) mass is 661 g/mol. The molecule has 4 rings (SSSR count). The van der Waals surface area contributed by atoms with Gasteiger partial charge in [0.25, 0.3) is 0 Å². The number of aromatic nitrogens is 1. The van der Waals surface area contributed by atoms with Gasteiger partial charge in [0.2, 0.25) is 5.13 Å². The van der Waals surface area contributed by atoms with Gasteiger partial charge in [-0.1, -0.05) is 72.9 Å². The van der Waals surface area contributed by atoms with Gasteiger partial charge in [-0.05, 0) is 37.3 Å². The lowest BCUT2D eigenvalue weighted by molar-refractivity contribution is -0.156. The first-order valence-corrected chi connectivity index (χ1v) is 16.5. The molecule has 0 bridgehead atoms. The maximum atomic E-state index is 12.1. The van der Waals surface area contributed by atoms with Gasteiger partial charge in [0.05, 0.1) is 25.3 Å². The number of ether oxygens (including phenoxy) is 2. The molecule has 11 nitrogen and oxygen atoms in total. The summed E-state index contributed by atoms with van der Waals surface area (Å²) < 4.78 is 10.8. The van der Waals surface area contributed by atoms with Gasteiger partial charge >= 0.3 is 5.97 Å². The number of nitrogens with one attached hydrogen (secondary N) is 3. The summed E-state index contributed by atoms with van der Waals surface area (Å²) in [5.41, 5.74) is 7.19. The zero-order chi connectivity index (χ0) is 32.9. The molecule has 0 saturated heterocycles. The molecule has 46 heavy (non-hydrogen) atoms. The third-order valence-corrected chi connectivity index (χ3v) is 8.03. The fourth-order valence-corrected chi connectivity index (χ4v) is 5.49. The third kappa shape index (κ3) is 10.6. The Kier molecular flexibility index (Phi) is 12.5. The van der Waals surface area contributed by atoms with E-state index in [1.807, 2.05) is 93.2 Å². The van der Waals surface area contributed by atoms with Crippen LogP contribution in [0.3, 0.4) is 0 Å². The van der Waals surface area contributed by atoms with Gasteiger partial charge in [-0.2, -0.15) is 10.2 Å². The van der Waals surface area contributed by atoms with Crippen molar-refractivity contribution in [3.05, 3.63) is 94.9 Å². The van der Waals surface area contributed by atoms with Crippen molar-refractivity contribution in [1.82, 2.24) is 20.6 Å². The summed E-state index contributed by atoms with van der Waals surface area (Å²) in [5, 5.41) is 22.1. The van der Waals surface area contributed by atoms with Gasteiger partial charge in [0.1, 0.15) is 11.3 Å². The van der Waals surface area contributed by atoms with Crippen molar-refractivity contribution in [2.24, 2.45) is 10.2 Å². The van der Waals surface area contributed by atoms with Gasteiger partial charge in [0.15, 0.2) is 17.5 Å². The van der Waals surface area contributed by atoms with Gasteiger partial charge < -0.3 is 20.1 Å². The van der Waals surface area contributed by atoms with Crippen molar-refractivity contribution < 1.29 is 19.1 Å². The fraction of sp³-hybridized carbons (Fsp3) is 0.303. The molecule has 1 atom stereocenters. The summed E-state index contributed by atoms with van der Waals surface area (Å²) in [4.78, 5) is 28.0. The minimum absolute atomic E-state index is 0.154. The summed E-state index contributed by atoms with van der Waals surface area (Å²) in [5.74, 6) is -0.268. The van der Waals surface area contributed by atoms with Gasteiger partial charge in [-0.25, -0.2) is 4.98 Å². The molecule has 13 heteroatoms. The Hall–Kier alpha value is -4.46. The number of nitrogens with zero attached hydrogens (tertiary/aromatic N) is 4. The molecular weight excluding hydrogens is 623 g/mol. The van der Waals surface area contributed by atoms with Gasteiger partial charge in [-0.15, -0.1) is 11.3 Å². The largest absolute Gasteiger partial charge is 0.460 e. The van der Waals surface area contributed by atoms with Crippen LogP contribution in [0.15, 0.2) is 88.4 Å². The van der Waals surface area contributed by atoms with E-state index in [-0.39, 0.29) is 23.6 Å². The Labute approximate surface area is 277 Å². The van der Waals surface area contributed by atoms with Crippen molar-refractivity contribution in [2.75, 3.05) is 32.2 Å². The van der Waals surface area contributed by atoms with Crippen LogP contribution in [0, 0.1) is 0 Å². The number of carbonyl (C=O) groups excluding carboxylic acids is 2. The molecule has 2 aromatic carbocycles. The molecule has 242 valence electrons. The molecule has 0 amide bonds. The van der Waals surface area contributed by atoms with Crippen molar-refractivity contribution in [3.8, 4) is 0 Å². The molecule has 0 saturated carbocycles. The number of rotatable bonds is 16.